The average Bonchev–Trinajstić information content (AvgIpc) is 2.97. The Morgan fingerprint density at radius 2 is 2.05 bits per heavy atom. The first-order chi connectivity index (χ1) is 10.6. The van der Waals surface area contributed by atoms with Gasteiger partial charge in [0.25, 0.3) is 5.91 Å². The maximum atomic E-state index is 11.9. The first-order valence-electron chi connectivity index (χ1n) is 6.76. The Morgan fingerprint density at radius 3 is 2.73 bits per heavy atom. The number of hydrogen-bond donors (Lipinski definition) is 3. The van der Waals surface area contributed by atoms with Gasteiger partial charge in [0.15, 0.2) is 0 Å². The van der Waals surface area contributed by atoms with Gasteiger partial charge >= 0.3 is 5.97 Å². The van der Waals surface area contributed by atoms with Crippen molar-refractivity contribution in [2.24, 2.45) is 0 Å². The lowest BCUT2D eigenvalue weighted by atomic mass is 10.1. The fourth-order valence-electron chi connectivity index (χ4n) is 1.80. The number of carbonyl (C=O) groups excluding carboxylic acids is 1. The molecule has 1 amide bonds. The zero-order valence-electron chi connectivity index (χ0n) is 12.1. The van der Waals surface area contributed by atoms with E-state index in [2.05, 4.69) is 15.5 Å². The third-order valence-electron chi connectivity index (χ3n) is 2.93. The van der Waals surface area contributed by atoms with Crippen LogP contribution in [0.3, 0.4) is 0 Å². The number of carboxylic acids is 1. The third-order valence-corrected chi connectivity index (χ3v) is 3.87. The molecule has 0 atom stereocenters. The van der Waals surface area contributed by atoms with Gasteiger partial charge in [-0.05, 0) is 13.0 Å². The number of amides is 1. The first-order valence-corrected chi connectivity index (χ1v) is 7.92. The summed E-state index contributed by atoms with van der Waals surface area (Å²) in [6.07, 6.45) is 0. The van der Waals surface area contributed by atoms with E-state index in [0.717, 1.165) is 11.1 Å². The van der Waals surface area contributed by atoms with Crippen LogP contribution in [0.1, 0.15) is 16.1 Å². The monoisotopic (exact) mass is 319 g/mol. The van der Waals surface area contributed by atoms with Crippen molar-refractivity contribution in [3.05, 3.63) is 41.6 Å². The van der Waals surface area contributed by atoms with Gasteiger partial charge in [0, 0.05) is 17.9 Å². The minimum Gasteiger partial charge on any atom is -0.481 e. The molecule has 116 valence electrons. The molecule has 2 rings (SSSR count). The highest BCUT2D eigenvalue weighted by Gasteiger charge is 2.10. The maximum absolute atomic E-state index is 11.9. The zero-order valence-corrected chi connectivity index (χ0v) is 12.9. The number of benzene rings is 1. The van der Waals surface area contributed by atoms with Gasteiger partial charge in [-0.25, -0.2) is 0 Å². The first kappa shape index (κ1) is 16.1. The normalized spacial score (nSPS) is 10.4. The van der Waals surface area contributed by atoms with Crippen LogP contribution in [0, 0.1) is 6.92 Å². The number of rotatable bonds is 7. The highest BCUT2D eigenvalue weighted by atomic mass is 32.2. The van der Waals surface area contributed by atoms with Crippen molar-refractivity contribution in [3.63, 3.8) is 0 Å². The molecule has 1 heterocycles. The number of aromatic amines is 1. The average molecular weight is 319 g/mol. The fraction of sp³-hybridized carbons (Fsp3) is 0.267. The summed E-state index contributed by atoms with van der Waals surface area (Å²) in [6.45, 7) is 2.42. The van der Waals surface area contributed by atoms with Gasteiger partial charge in [0.05, 0.1) is 11.4 Å². The number of nitrogens with one attached hydrogen (secondary N) is 2. The number of aromatic nitrogens is 2. The molecule has 1 aromatic heterocycles. The molecule has 0 bridgehead atoms. The second kappa shape index (κ2) is 7.65. The summed E-state index contributed by atoms with van der Waals surface area (Å²) < 4.78 is 0. The van der Waals surface area contributed by atoms with Crippen molar-refractivity contribution in [2.45, 2.75) is 6.92 Å². The lowest BCUT2D eigenvalue weighted by molar-refractivity contribution is -0.133. The van der Waals surface area contributed by atoms with Crippen LogP contribution in [-0.4, -0.2) is 45.2 Å². The smallest absolute Gasteiger partial charge is 0.313 e. The van der Waals surface area contributed by atoms with E-state index >= 15 is 0 Å². The predicted molar refractivity (Wildman–Crippen MR) is 86.1 cm³/mol. The largest absolute Gasteiger partial charge is 0.481 e. The molecule has 0 aliphatic rings. The summed E-state index contributed by atoms with van der Waals surface area (Å²) in [7, 11) is 0. The lowest BCUT2D eigenvalue weighted by Gasteiger charge is -2.02. The van der Waals surface area contributed by atoms with Crippen LogP contribution in [0.2, 0.25) is 0 Å². The second-order valence-electron chi connectivity index (χ2n) is 4.74. The summed E-state index contributed by atoms with van der Waals surface area (Å²) in [4.78, 5) is 22.3. The summed E-state index contributed by atoms with van der Waals surface area (Å²) in [5.41, 5.74) is 3.21. The van der Waals surface area contributed by atoms with E-state index in [1.807, 2.05) is 31.2 Å². The molecule has 0 fully saturated rings. The van der Waals surface area contributed by atoms with E-state index in [1.165, 1.54) is 11.8 Å². The number of H-pyrrole nitrogens is 1. The number of aryl methyl sites for hydroxylation is 1. The van der Waals surface area contributed by atoms with E-state index < -0.39 is 5.97 Å². The van der Waals surface area contributed by atoms with Crippen LogP contribution in [0.15, 0.2) is 30.3 Å². The SMILES string of the molecule is Cc1ccc(-c2cc(C(=O)NCCSCC(=O)O)[nH]n2)cc1. The van der Waals surface area contributed by atoms with Crippen LogP contribution < -0.4 is 5.32 Å². The standard InChI is InChI=1S/C15H17N3O3S/c1-10-2-4-11(5-3-10)12-8-13(18-17-12)15(21)16-6-7-22-9-14(19)20/h2-5,8H,6-7,9H2,1H3,(H,16,21)(H,17,18)(H,19,20). The van der Waals surface area contributed by atoms with Gasteiger partial charge in [-0.15, -0.1) is 11.8 Å². The number of thioether (sulfide) groups is 1. The third kappa shape index (κ3) is 4.63. The molecular weight excluding hydrogens is 302 g/mol. The number of aliphatic carboxylic acids is 1. The maximum Gasteiger partial charge on any atom is 0.313 e. The van der Waals surface area contributed by atoms with Crippen molar-refractivity contribution < 1.29 is 14.7 Å². The molecule has 22 heavy (non-hydrogen) atoms. The zero-order chi connectivity index (χ0) is 15.9. The van der Waals surface area contributed by atoms with E-state index in [-0.39, 0.29) is 11.7 Å². The van der Waals surface area contributed by atoms with E-state index in [1.54, 1.807) is 6.07 Å². The van der Waals surface area contributed by atoms with E-state index in [9.17, 15) is 9.59 Å². The van der Waals surface area contributed by atoms with Crippen molar-refractivity contribution in [1.82, 2.24) is 15.5 Å². The molecule has 7 heteroatoms. The molecule has 0 aliphatic heterocycles. The predicted octanol–water partition coefficient (Wildman–Crippen LogP) is 1.93. The topological polar surface area (TPSA) is 95.1 Å². The van der Waals surface area contributed by atoms with Gasteiger partial charge in [-0.3, -0.25) is 14.7 Å². The van der Waals surface area contributed by atoms with Gasteiger partial charge < -0.3 is 10.4 Å². The van der Waals surface area contributed by atoms with Gasteiger partial charge in [0.2, 0.25) is 0 Å². The second-order valence-corrected chi connectivity index (χ2v) is 5.84. The van der Waals surface area contributed by atoms with Crippen LogP contribution in [0.5, 0.6) is 0 Å². The van der Waals surface area contributed by atoms with Gasteiger partial charge in [0.1, 0.15) is 5.69 Å². The van der Waals surface area contributed by atoms with Crippen molar-refractivity contribution in [1.29, 1.82) is 0 Å². The lowest BCUT2D eigenvalue weighted by Crippen LogP contribution is -2.26. The number of carboxylic acid groups (broad SMARTS) is 1. The minimum atomic E-state index is -0.854. The highest BCUT2D eigenvalue weighted by molar-refractivity contribution is 7.99. The highest BCUT2D eigenvalue weighted by Crippen LogP contribution is 2.18. The molecule has 2 aromatic rings. The van der Waals surface area contributed by atoms with E-state index in [0.29, 0.717) is 23.7 Å². The fourth-order valence-corrected chi connectivity index (χ4v) is 2.37. The summed E-state index contributed by atoms with van der Waals surface area (Å²) in [5, 5.41) is 18.1. The molecule has 0 spiro atoms. The Bertz CT molecular complexity index is 652. The number of carbonyl (C=O) groups is 2. The van der Waals surface area contributed by atoms with Gasteiger partial charge in [-0.2, -0.15) is 5.10 Å². The van der Waals surface area contributed by atoms with E-state index in [4.69, 9.17) is 5.11 Å². The van der Waals surface area contributed by atoms with Crippen LogP contribution in [0.25, 0.3) is 11.3 Å². The number of nitrogens with zero attached hydrogens (tertiary/aromatic N) is 1. The van der Waals surface area contributed by atoms with Crippen molar-refractivity contribution in [2.75, 3.05) is 18.1 Å². The Hall–Kier alpha value is -2.28. The van der Waals surface area contributed by atoms with Gasteiger partial charge in [-0.1, -0.05) is 29.8 Å². The van der Waals surface area contributed by atoms with Crippen LogP contribution in [-0.2, 0) is 4.79 Å². The number of hydrogen-bond acceptors (Lipinski definition) is 4. The molecule has 1 aromatic carbocycles. The Balaban J connectivity index is 1.86. The summed E-state index contributed by atoms with van der Waals surface area (Å²) in [6, 6.07) is 9.59. The summed E-state index contributed by atoms with van der Waals surface area (Å²) in [5.74, 6) is -0.511. The molecule has 3 N–H and O–H groups in total. The molecular formula is C15H17N3O3S. The van der Waals surface area contributed by atoms with Crippen LogP contribution in [0.4, 0.5) is 0 Å². The molecule has 0 aliphatic carbocycles. The molecule has 0 unspecified atom stereocenters. The Morgan fingerprint density at radius 1 is 1.32 bits per heavy atom. The summed E-state index contributed by atoms with van der Waals surface area (Å²) >= 11 is 1.26. The molecule has 0 radical (unpaired) electrons. The molecule has 6 nitrogen and oxygen atoms in total. The quantitative estimate of drug-likeness (QED) is 0.678. The van der Waals surface area contributed by atoms with Crippen molar-refractivity contribution in [3.8, 4) is 11.3 Å². The van der Waals surface area contributed by atoms with Crippen LogP contribution >= 0.6 is 11.8 Å². The molecule has 0 saturated heterocycles. The molecule has 0 saturated carbocycles. The Labute approximate surface area is 132 Å². The van der Waals surface area contributed by atoms with Crippen molar-refractivity contribution >= 4 is 23.6 Å². The minimum absolute atomic E-state index is 0.0392. The Kier molecular flexibility index (Phi) is 5.60.